The summed E-state index contributed by atoms with van der Waals surface area (Å²) >= 11 is 0. The van der Waals surface area contributed by atoms with Crippen LogP contribution in [0.15, 0.2) is 24.3 Å². The molecule has 1 aromatic rings. The Bertz CT molecular complexity index is 804. The van der Waals surface area contributed by atoms with Crippen molar-refractivity contribution >= 4 is 23.8 Å². The normalized spacial score (nSPS) is 21.6. The second-order valence-electron chi connectivity index (χ2n) is 7.05. The van der Waals surface area contributed by atoms with Crippen LogP contribution in [0.2, 0.25) is 0 Å². The minimum Gasteiger partial charge on any atom is -0.467 e. The predicted octanol–water partition coefficient (Wildman–Crippen LogP) is 0.448. The van der Waals surface area contributed by atoms with Crippen LogP contribution in [0, 0.1) is 0 Å². The van der Waals surface area contributed by atoms with Crippen molar-refractivity contribution in [2.75, 3.05) is 13.7 Å². The Balaban J connectivity index is 1.77. The van der Waals surface area contributed by atoms with Gasteiger partial charge in [-0.2, -0.15) is 0 Å². The molecule has 0 aromatic heterocycles. The third kappa shape index (κ3) is 2.71. The van der Waals surface area contributed by atoms with Gasteiger partial charge in [0.05, 0.1) is 7.11 Å². The molecule has 1 heterocycles. The molecule has 26 heavy (non-hydrogen) atoms. The molecule has 1 saturated heterocycles. The van der Waals surface area contributed by atoms with Gasteiger partial charge in [-0.05, 0) is 37.8 Å². The number of methoxy groups -OCH3 is 1. The minimum absolute atomic E-state index is 0.446. The van der Waals surface area contributed by atoms with Crippen molar-refractivity contribution in [3.05, 3.63) is 35.4 Å². The fourth-order valence-electron chi connectivity index (χ4n) is 3.57. The number of rotatable bonds is 4. The summed E-state index contributed by atoms with van der Waals surface area (Å²) in [5.74, 6) is -1.69. The van der Waals surface area contributed by atoms with Gasteiger partial charge in [-0.15, -0.1) is 0 Å². The Labute approximate surface area is 150 Å². The van der Waals surface area contributed by atoms with Gasteiger partial charge in [0.15, 0.2) is 0 Å². The lowest BCUT2D eigenvalue weighted by Crippen LogP contribution is -2.53. The van der Waals surface area contributed by atoms with Crippen LogP contribution in [0.1, 0.15) is 31.4 Å². The smallest absolute Gasteiger partial charge is 0.330 e. The van der Waals surface area contributed by atoms with Crippen LogP contribution < -0.4 is 10.6 Å². The van der Waals surface area contributed by atoms with Gasteiger partial charge in [0.25, 0.3) is 5.91 Å². The van der Waals surface area contributed by atoms with Crippen LogP contribution >= 0.6 is 0 Å². The molecule has 0 bridgehead atoms. The molecular formula is C18H21N3O5. The van der Waals surface area contributed by atoms with E-state index >= 15 is 0 Å². The zero-order valence-electron chi connectivity index (χ0n) is 14.9. The number of benzene rings is 1. The van der Waals surface area contributed by atoms with Gasteiger partial charge in [0.1, 0.15) is 17.6 Å². The van der Waals surface area contributed by atoms with E-state index in [1.165, 1.54) is 21.0 Å². The molecule has 1 aliphatic heterocycles. The van der Waals surface area contributed by atoms with Crippen LogP contribution in [0.4, 0.5) is 4.79 Å². The quantitative estimate of drug-likeness (QED) is 0.600. The number of fused-ring (bicyclic) bond motifs is 2. The van der Waals surface area contributed by atoms with E-state index in [1.54, 1.807) is 0 Å². The van der Waals surface area contributed by atoms with Crippen molar-refractivity contribution in [3.63, 3.8) is 0 Å². The van der Waals surface area contributed by atoms with E-state index in [0.717, 1.165) is 16.0 Å². The molecule has 138 valence electrons. The maximum Gasteiger partial charge on any atom is 0.330 e. The van der Waals surface area contributed by atoms with Gasteiger partial charge in [-0.25, -0.2) is 9.59 Å². The van der Waals surface area contributed by atoms with E-state index in [0.29, 0.717) is 12.8 Å². The molecule has 1 aromatic carbocycles. The number of carbonyl (C=O) groups excluding carboxylic acids is 4. The largest absolute Gasteiger partial charge is 0.467 e. The van der Waals surface area contributed by atoms with E-state index in [4.69, 9.17) is 0 Å². The van der Waals surface area contributed by atoms with Crippen molar-refractivity contribution in [3.8, 4) is 0 Å². The van der Waals surface area contributed by atoms with Crippen LogP contribution in [0.5, 0.6) is 0 Å². The summed E-state index contributed by atoms with van der Waals surface area (Å²) in [6, 6.07) is 6.85. The summed E-state index contributed by atoms with van der Waals surface area (Å²) in [5, 5.41) is 5.24. The van der Waals surface area contributed by atoms with Gasteiger partial charge in [0, 0.05) is 0 Å². The molecule has 2 aliphatic rings. The van der Waals surface area contributed by atoms with Gasteiger partial charge in [0.2, 0.25) is 5.91 Å². The summed E-state index contributed by atoms with van der Waals surface area (Å²) in [6.07, 6.45) is 1.14. The van der Waals surface area contributed by atoms with Crippen molar-refractivity contribution < 1.29 is 23.9 Å². The third-order valence-electron chi connectivity index (χ3n) is 4.87. The van der Waals surface area contributed by atoms with Crippen molar-refractivity contribution in [1.29, 1.82) is 0 Å². The topological polar surface area (TPSA) is 105 Å². The summed E-state index contributed by atoms with van der Waals surface area (Å²) in [7, 11) is 1.22. The van der Waals surface area contributed by atoms with Crippen LogP contribution in [-0.4, -0.2) is 47.9 Å². The van der Waals surface area contributed by atoms with E-state index in [9.17, 15) is 19.2 Å². The lowest BCUT2D eigenvalue weighted by atomic mass is 9.92. The number of nitrogens with one attached hydrogen (secondary N) is 2. The number of ether oxygens (including phenoxy) is 1. The fraction of sp³-hybridized carbons (Fsp3) is 0.444. The summed E-state index contributed by atoms with van der Waals surface area (Å²) in [5.41, 5.74) is -0.579. The molecule has 1 aliphatic carbocycles. The number of urea groups is 1. The minimum atomic E-state index is -1.26. The molecule has 8 nitrogen and oxygen atoms in total. The zero-order chi connectivity index (χ0) is 19.1. The number of hydrogen-bond donors (Lipinski definition) is 2. The SMILES string of the molecule is COC(=O)C(C)(C)NC(=O)CN1C(=O)NC2(CCc3ccccc32)C1=O. The number of amides is 4. The molecular weight excluding hydrogens is 338 g/mol. The fourth-order valence-corrected chi connectivity index (χ4v) is 3.57. The molecule has 0 saturated carbocycles. The number of aryl methyl sites for hydroxylation is 1. The molecule has 0 radical (unpaired) electrons. The Morgan fingerprint density at radius 1 is 1.31 bits per heavy atom. The first-order chi connectivity index (χ1) is 12.2. The highest BCUT2D eigenvalue weighted by atomic mass is 16.5. The Kier molecular flexibility index (Phi) is 4.21. The third-order valence-corrected chi connectivity index (χ3v) is 4.87. The standard InChI is InChI=1S/C18H21N3O5/c1-17(2,15(24)26-3)19-13(22)10-21-14(23)18(20-16(21)25)9-8-11-6-4-5-7-12(11)18/h4-7H,8-10H2,1-3H3,(H,19,22)(H,20,25). The van der Waals surface area contributed by atoms with Gasteiger partial charge < -0.3 is 15.4 Å². The first-order valence-electron chi connectivity index (χ1n) is 8.33. The van der Waals surface area contributed by atoms with E-state index in [2.05, 4.69) is 15.4 Å². The summed E-state index contributed by atoms with van der Waals surface area (Å²) < 4.78 is 4.63. The van der Waals surface area contributed by atoms with Gasteiger partial charge in [-0.1, -0.05) is 24.3 Å². The molecule has 1 atom stereocenters. The monoisotopic (exact) mass is 359 g/mol. The highest BCUT2D eigenvalue weighted by molar-refractivity contribution is 6.10. The van der Waals surface area contributed by atoms with Crippen molar-refractivity contribution in [1.82, 2.24) is 15.5 Å². The Hall–Kier alpha value is -2.90. The Morgan fingerprint density at radius 3 is 2.69 bits per heavy atom. The van der Waals surface area contributed by atoms with E-state index in [1.807, 2.05) is 24.3 Å². The lowest BCUT2D eigenvalue weighted by molar-refractivity contribution is -0.149. The van der Waals surface area contributed by atoms with Crippen molar-refractivity contribution in [2.24, 2.45) is 0 Å². The van der Waals surface area contributed by atoms with E-state index in [-0.39, 0.29) is 0 Å². The summed E-state index contributed by atoms with van der Waals surface area (Å²) in [6.45, 7) is 2.50. The number of esters is 1. The zero-order valence-corrected chi connectivity index (χ0v) is 14.9. The van der Waals surface area contributed by atoms with Crippen molar-refractivity contribution in [2.45, 2.75) is 37.8 Å². The number of imide groups is 1. The first-order valence-corrected chi connectivity index (χ1v) is 8.33. The van der Waals surface area contributed by atoms with Crippen LogP contribution in [0.3, 0.4) is 0 Å². The second-order valence-corrected chi connectivity index (χ2v) is 7.05. The van der Waals surface area contributed by atoms with Gasteiger partial charge in [-0.3, -0.25) is 14.5 Å². The lowest BCUT2D eigenvalue weighted by Gasteiger charge is -2.25. The maximum absolute atomic E-state index is 13.0. The number of carbonyl (C=O) groups is 4. The highest BCUT2D eigenvalue weighted by Gasteiger charge is 2.55. The Morgan fingerprint density at radius 2 is 2.00 bits per heavy atom. The average Bonchev–Trinajstić information content (AvgIpc) is 3.08. The maximum atomic E-state index is 13.0. The summed E-state index contributed by atoms with van der Waals surface area (Å²) in [4.78, 5) is 50.2. The average molecular weight is 359 g/mol. The van der Waals surface area contributed by atoms with E-state index < -0.39 is 41.4 Å². The van der Waals surface area contributed by atoms with Crippen LogP contribution in [0.25, 0.3) is 0 Å². The molecule has 1 unspecified atom stereocenters. The molecule has 4 amide bonds. The van der Waals surface area contributed by atoms with Crippen LogP contribution in [-0.2, 0) is 31.1 Å². The highest BCUT2D eigenvalue weighted by Crippen LogP contribution is 2.41. The molecule has 3 rings (SSSR count). The molecule has 1 spiro atoms. The number of nitrogens with zero attached hydrogens (tertiary/aromatic N) is 1. The molecule has 8 heteroatoms. The first kappa shape index (κ1) is 17.9. The molecule has 1 fully saturated rings. The predicted molar refractivity (Wildman–Crippen MR) is 90.9 cm³/mol. The second kappa shape index (κ2) is 6.12. The van der Waals surface area contributed by atoms with Gasteiger partial charge >= 0.3 is 12.0 Å². The number of hydrogen-bond acceptors (Lipinski definition) is 5. The molecule has 2 N–H and O–H groups in total.